The largest absolute Gasteiger partial charge is 0.354 e. The standard InChI is InChI=1S/C21H26N6O2/c1-3-16-7-9-17(10-8-16)22-19(28)14-27-21(29)26-13-11-18(23-20(26)24-27)25-12-5-4-6-15(25)2/h7-11,13,15H,3-6,12,14H2,1-2H3,(H,22,28)/t15-/m1/s1. The maximum atomic E-state index is 12.6. The first-order valence-electron chi connectivity index (χ1n) is 10.2. The maximum Gasteiger partial charge on any atom is 0.352 e. The van der Waals surface area contributed by atoms with Crippen LogP contribution < -0.4 is 15.9 Å². The summed E-state index contributed by atoms with van der Waals surface area (Å²) in [4.78, 5) is 31.8. The van der Waals surface area contributed by atoms with Crippen LogP contribution in [0.1, 0.15) is 38.7 Å². The van der Waals surface area contributed by atoms with Gasteiger partial charge in [-0.15, -0.1) is 5.10 Å². The van der Waals surface area contributed by atoms with E-state index in [1.807, 2.05) is 30.3 Å². The molecule has 3 heterocycles. The van der Waals surface area contributed by atoms with Crippen molar-refractivity contribution >= 4 is 23.2 Å². The zero-order valence-electron chi connectivity index (χ0n) is 16.8. The van der Waals surface area contributed by atoms with Gasteiger partial charge in [0.15, 0.2) is 0 Å². The van der Waals surface area contributed by atoms with Gasteiger partial charge in [-0.25, -0.2) is 13.9 Å². The Labute approximate surface area is 169 Å². The van der Waals surface area contributed by atoms with Crippen molar-refractivity contribution in [1.29, 1.82) is 0 Å². The minimum Gasteiger partial charge on any atom is -0.354 e. The predicted octanol–water partition coefficient (Wildman–Crippen LogP) is 2.47. The number of anilines is 2. The van der Waals surface area contributed by atoms with Gasteiger partial charge in [-0.2, -0.15) is 4.98 Å². The predicted molar refractivity (Wildman–Crippen MR) is 112 cm³/mol. The summed E-state index contributed by atoms with van der Waals surface area (Å²) < 4.78 is 2.53. The number of nitrogens with one attached hydrogen (secondary N) is 1. The fourth-order valence-corrected chi connectivity index (χ4v) is 3.76. The number of amides is 1. The average molecular weight is 394 g/mol. The van der Waals surface area contributed by atoms with Crippen LogP contribution in [0.3, 0.4) is 0 Å². The Morgan fingerprint density at radius 3 is 2.72 bits per heavy atom. The molecule has 8 nitrogen and oxygen atoms in total. The van der Waals surface area contributed by atoms with Gasteiger partial charge in [0.05, 0.1) is 0 Å². The highest BCUT2D eigenvalue weighted by atomic mass is 16.2. The Morgan fingerprint density at radius 1 is 1.21 bits per heavy atom. The van der Waals surface area contributed by atoms with Gasteiger partial charge in [0, 0.05) is 24.5 Å². The third-order valence-electron chi connectivity index (χ3n) is 5.48. The lowest BCUT2D eigenvalue weighted by Gasteiger charge is -2.34. The normalized spacial score (nSPS) is 16.9. The number of carbonyl (C=O) groups is 1. The lowest BCUT2D eigenvalue weighted by Crippen LogP contribution is -2.38. The molecular weight excluding hydrogens is 368 g/mol. The number of piperidine rings is 1. The first-order valence-corrected chi connectivity index (χ1v) is 10.2. The summed E-state index contributed by atoms with van der Waals surface area (Å²) in [6.07, 6.45) is 6.12. The maximum absolute atomic E-state index is 12.6. The quantitative estimate of drug-likeness (QED) is 0.719. The van der Waals surface area contributed by atoms with Crippen molar-refractivity contribution in [3.63, 3.8) is 0 Å². The summed E-state index contributed by atoms with van der Waals surface area (Å²) >= 11 is 0. The topological polar surface area (TPSA) is 84.5 Å². The van der Waals surface area contributed by atoms with Crippen LogP contribution in [0.15, 0.2) is 41.3 Å². The molecular formula is C21H26N6O2. The molecule has 1 fully saturated rings. The van der Waals surface area contributed by atoms with Gasteiger partial charge in [-0.1, -0.05) is 19.1 Å². The van der Waals surface area contributed by atoms with Gasteiger partial charge in [-0.05, 0) is 56.4 Å². The third kappa shape index (κ3) is 4.01. The molecule has 0 unspecified atom stereocenters. The average Bonchev–Trinajstić information content (AvgIpc) is 3.03. The molecule has 0 radical (unpaired) electrons. The van der Waals surface area contributed by atoms with Crippen molar-refractivity contribution in [3.05, 3.63) is 52.6 Å². The first kappa shape index (κ1) is 19.2. The highest BCUT2D eigenvalue weighted by Crippen LogP contribution is 2.22. The van der Waals surface area contributed by atoms with E-state index in [0.29, 0.717) is 17.5 Å². The van der Waals surface area contributed by atoms with Gasteiger partial charge in [0.25, 0.3) is 5.78 Å². The van der Waals surface area contributed by atoms with Crippen molar-refractivity contribution in [2.24, 2.45) is 0 Å². The Kier molecular flexibility index (Phi) is 5.33. The molecule has 4 rings (SSSR count). The molecule has 1 saturated heterocycles. The number of aryl methyl sites for hydroxylation is 1. The van der Waals surface area contributed by atoms with Crippen molar-refractivity contribution in [3.8, 4) is 0 Å². The number of hydrogen-bond acceptors (Lipinski definition) is 5. The highest BCUT2D eigenvalue weighted by Gasteiger charge is 2.21. The molecule has 1 atom stereocenters. The molecule has 0 spiro atoms. The van der Waals surface area contributed by atoms with Crippen LogP contribution >= 0.6 is 0 Å². The molecule has 1 aliphatic rings. The second-order valence-electron chi connectivity index (χ2n) is 7.53. The number of rotatable bonds is 5. The molecule has 1 aliphatic heterocycles. The van der Waals surface area contributed by atoms with Crippen molar-refractivity contribution in [1.82, 2.24) is 19.2 Å². The number of nitrogens with zero attached hydrogens (tertiary/aromatic N) is 5. The van der Waals surface area contributed by atoms with Crippen LogP contribution in [0.5, 0.6) is 0 Å². The molecule has 1 amide bonds. The zero-order valence-corrected chi connectivity index (χ0v) is 16.8. The second kappa shape index (κ2) is 8.06. The lowest BCUT2D eigenvalue weighted by molar-refractivity contribution is -0.117. The van der Waals surface area contributed by atoms with Crippen molar-refractivity contribution < 1.29 is 4.79 Å². The summed E-state index contributed by atoms with van der Waals surface area (Å²) in [5.74, 6) is 0.831. The van der Waals surface area contributed by atoms with E-state index in [1.165, 1.54) is 16.4 Å². The molecule has 1 aromatic carbocycles. The third-order valence-corrected chi connectivity index (χ3v) is 5.48. The Morgan fingerprint density at radius 2 is 2.00 bits per heavy atom. The SMILES string of the molecule is CCc1ccc(NC(=O)Cn2nc3nc(N4CCCC[C@H]4C)ccn3c2=O)cc1. The van der Waals surface area contributed by atoms with E-state index in [1.54, 1.807) is 6.20 Å². The number of hydrogen-bond donors (Lipinski definition) is 1. The summed E-state index contributed by atoms with van der Waals surface area (Å²) in [5, 5.41) is 7.08. The smallest absolute Gasteiger partial charge is 0.352 e. The molecule has 1 N–H and O–H groups in total. The zero-order chi connectivity index (χ0) is 20.4. The Hall–Kier alpha value is -3.16. The van der Waals surface area contributed by atoms with E-state index in [-0.39, 0.29) is 18.1 Å². The number of carbonyl (C=O) groups excluding carboxylic acids is 1. The monoisotopic (exact) mass is 394 g/mol. The molecule has 29 heavy (non-hydrogen) atoms. The van der Waals surface area contributed by atoms with Gasteiger partial charge < -0.3 is 10.2 Å². The lowest BCUT2D eigenvalue weighted by atomic mass is 10.0. The number of benzene rings is 1. The summed E-state index contributed by atoms with van der Waals surface area (Å²) in [7, 11) is 0. The van der Waals surface area contributed by atoms with Crippen LogP contribution in [-0.4, -0.2) is 37.7 Å². The number of fused-ring (bicyclic) bond motifs is 1. The minimum absolute atomic E-state index is 0.160. The van der Waals surface area contributed by atoms with E-state index in [4.69, 9.17) is 0 Å². The van der Waals surface area contributed by atoms with Crippen LogP contribution in [0.2, 0.25) is 0 Å². The number of aromatic nitrogens is 4. The molecule has 152 valence electrons. The van der Waals surface area contributed by atoms with Gasteiger partial charge in [0.1, 0.15) is 12.4 Å². The van der Waals surface area contributed by atoms with Crippen molar-refractivity contribution in [2.75, 3.05) is 16.8 Å². The Balaban J connectivity index is 1.52. The molecule has 0 bridgehead atoms. The van der Waals surface area contributed by atoms with Gasteiger partial charge in [0.2, 0.25) is 5.91 Å². The highest BCUT2D eigenvalue weighted by molar-refractivity contribution is 5.90. The van der Waals surface area contributed by atoms with E-state index in [2.05, 4.69) is 34.1 Å². The van der Waals surface area contributed by atoms with E-state index >= 15 is 0 Å². The Bertz CT molecular complexity index is 1070. The van der Waals surface area contributed by atoms with Crippen LogP contribution in [0.4, 0.5) is 11.5 Å². The van der Waals surface area contributed by atoms with E-state index < -0.39 is 0 Å². The van der Waals surface area contributed by atoms with Gasteiger partial charge >= 0.3 is 5.69 Å². The molecule has 8 heteroatoms. The van der Waals surface area contributed by atoms with E-state index in [9.17, 15) is 9.59 Å². The molecule has 0 saturated carbocycles. The fraction of sp³-hybridized carbons (Fsp3) is 0.429. The second-order valence-corrected chi connectivity index (χ2v) is 7.53. The van der Waals surface area contributed by atoms with E-state index in [0.717, 1.165) is 36.3 Å². The molecule has 2 aromatic heterocycles. The summed E-state index contributed by atoms with van der Waals surface area (Å²) in [5.41, 5.74) is 1.52. The van der Waals surface area contributed by atoms with Crippen molar-refractivity contribution in [2.45, 2.75) is 52.1 Å². The minimum atomic E-state index is -0.373. The van der Waals surface area contributed by atoms with Crippen LogP contribution in [0, 0.1) is 0 Å². The van der Waals surface area contributed by atoms with Crippen LogP contribution in [-0.2, 0) is 17.8 Å². The molecule has 0 aliphatic carbocycles. The molecule has 3 aromatic rings. The van der Waals surface area contributed by atoms with Gasteiger partial charge in [-0.3, -0.25) is 4.79 Å². The fourth-order valence-electron chi connectivity index (χ4n) is 3.76. The summed E-state index contributed by atoms with van der Waals surface area (Å²) in [6, 6.07) is 9.92. The summed E-state index contributed by atoms with van der Waals surface area (Å²) in [6.45, 7) is 5.06. The first-order chi connectivity index (χ1) is 14.0. The van der Waals surface area contributed by atoms with Crippen LogP contribution in [0.25, 0.3) is 5.78 Å².